The standard InChI is InChI=1S/C26H24F2N2O4/c1-33-22-13-12-20(15-23(22)34-26(27)28)14-21(24(31)29-16-18-8-4-2-5-9-18)25(32)30-17-19-10-6-3-7-11-19/h2-15,26H,16-17H2,1H3,(H,29,31)(H,30,32). The number of carbonyl (C=O) groups is 2. The molecule has 176 valence electrons. The van der Waals surface area contributed by atoms with Crippen LogP contribution in [-0.2, 0) is 22.7 Å². The van der Waals surface area contributed by atoms with Crippen LogP contribution in [0.4, 0.5) is 8.78 Å². The van der Waals surface area contributed by atoms with E-state index in [0.29, 0.717) is 5.56 Å². The minimum Gasteiger partial charge on any atom is -0.493 e. The predicted molar refractivity (Wildman–Crippen MR) is 124 cm³/mol. The van der Waals surface area contributed by atoms with Crippen molar-refractivity contribution in [2.45, 2.75) is 19.7 Å². The number of carbonyl (C=O) groups excluding carboxylic acids is 2. The van der Waals surface area contributed by atoms with Crippen LogP contribution < -0.4 is 20.1 Å². The number of hydrogen-bond acceptors (Lipinski definition) is 4. The largest absolute Gasteiger partial charge is 0.493 e. The van der Waals surface area contributed by atoms with Gasteiger partial charge in [0.25, 0.3) is 11.8 Å². The number of alkyl halides is 2. The minimum atomic E-state index is -3.06. The third-order valence-electron chi connectivity index (χ3n) is 4.80. The summed E-state index contributed by atoms with van der Waals surface area (Å²) in [7, 11) is 1.32. The van der Waals surface area contributed by atoms with E-state index in [1.54, 1.807) is 0 Å². The molecule has 0 spiro atoms. The Hall–Kier alpha value is -4.20. The monoisotopic (exact) mass is 466 g/mol. The van der Waals surface area contributed by atoms with Crippen LogP contribution in [0.25, 0.3) is 6.08 Å². The predicted octanol–water partition coefficient (Wildman–Crippen LogP) is 4.31. The van der Waals surface area contributed by atoms with E-state index in [2.05, 4.69) is 15.4 Å². The Labute approximate surface area is 196 Å². The van der Waals surface area contributed by atoms with Gasteiger partial charge in [0.15, 0.2) is 11.5 Å². The molecule has 3 rings (SSSR count). The molecule has 0 aromatic heterocycles. The van der Waals surface area contributed by atoms with Gasteiger partial charge in [0.1, 0.15) is 5.57 Å². The van der Waals surface area contributed by atoms with Crippen LogP contribution in [0, 0.1) is 0 Å². The van der Waals surface area contributed by atoms with Crippen LogP contribution in [0.3, 0.4) is 0 Å². The van der Waals surface area contributed by atoms with Gasteiger partial charge in [-0.2, -0.15) is 8.78 Å². The van der Waals surface area contributed by atoms with Crippen molar-refractivity contribution >= 4 is 17.9 Å². The number of hydrogen-bond donors (Lipinski definition) is 2. The van der Waals surface area contributed by atoms with Crippen molar-refractivity contribution in [1.29, 1.82) is 0 Å². The maximum atomic E-state index is 12.9. The normalized spacial score (nSPS) is 10.4. The molecule has 8 heteroatoms. The first kappa shape index (κ1) is 24.4. The van der Waals surface area contributed by atoms with E-state index >= 15 is 0 Å². The van der Waals surface area contributed by atoms with Gasteiger partial charge in [0, 0.05) is 13.1 Å². The molecule has 0 unspecified atom stereocenters. The number of benzene rings is 3. The molecule has 6 nitrogen and oxygen atoms in total. The topological polar surface area (TPSA) is 76.7 Å². The highest BCUT2D eigenvalue weighted by Crippen LogP contribution is 2.30. The van der Waals surface area contributed by atoms with Crippen LogP contribution in [0.2, 0.25) is 0 Å². The fourth-order valence-corrected chi connectivity index (χ4v) is 3.12. The Balaban J connectivity index is 1.85. The summed E-state index contributed by atoms with van der Waals surface area (Å²) in [6, 6.07) is 22.7. The summed E-state index contributed by atoms with van der Waals surface area (Å²) in [5.41, 5.74) is 1.85. The number of amides is 2. The maximum Gasteiger partial charge on any atom is 0.387 e. The molecule has 0 radical (unpaired) electrons. The molecule has 0 bridgehead atoms. The van der Waals surface area contributed by atoms with Gasteiger partial charge in [-0.15, -0.1) is 0 Å². The summed E-state index contributed by atoms with van der Waals surface area (Å²) < 4.78 is 35.1. The second-order valence-electron chi connectivity index (χ2n) is 7.18. The Morgan fingerprint density at radius 3 is 1.82 bits per heavy atom. The van der Waals surface area contributed by atoms with Crippen molar-refractivity contribution in [2.24, 2.45) is 0 Å². The lowest BCUT2D eigenvalue weighted by Gasteiger charge is -2.12. The van der Waals surface area contributed by atoms with Gasteiger partial charge in [-0.05, 0) is 34.9 Å². The maximum absolute atomic E-state index is 12.9. The zero-order valence-electron chi connectivity index (χ0n) is 18.5. The van der Waals surface area contributed by atoms with Gasteiger partial charge in [0.2, 0.25) is 0 Å². The first-order valence-electron chi connectivity index (χ1n) is 10.4. The lowest BCUT2D eigenvalue weighted by Crippen LogP contribution is -2.34. The molecule has 0 aliphatic carbocycles. The smallest absolute Gasteiger partial charge is 0.387 e. The van der Waals surface area contributed by atoms with E-state index in [0.717, 1.165) is 11.1 Å². The van der Waals surface area contributed by atoms with Crippen molar-refractivity contribution in [3.63, 3.8) is 0 Å². The molecule has 2 amide bonds. The number of halogens is 2. The Morgan fingerprint density at radius 1 is 0.824 bits per heavy atom. The third-order valence-corrected chi connectivity index (χ3v) is 4.80. The second-order valence-corrected chi connectivity index (χ2v) is 7.18. The summed E-state index contributed by atoms with van der Waals surface area (Å²) in [6.07, 6.45) is 1.32. The molecule has 0 aliphatic rings. The van der Waals surface area contributed by atoms with Gasteiger partial charge >= 0.3 is 6.61 Å². The van der Waals surface area contributed by atoms with Crippen molar-refractivity contribution < 1.29 is 27.8 Å². The Bertz CT molecular complexity index is 1080. The molecule has 3 aromatic rings. The van der Waals surface area contributed by atoms with Gasteiger partial charge in [-0.25, -0.2) is 0 Å². The number of rotatable bonds is 10. The van der Waals surface area contributed by atoms with E-state index in [-0.39, 0.29) is 30.2 Å². The minimum absolute atomic E-state index is 0.0982. The molecule has 2 N–H and O–H groups in total. The molecule has 0 saturated carbocycles. The number of ether oxygens (including phenoxy) is 2. The molecular weight excluding hydrogens is 442 g/mol. The SMILES string of the molecule is COc1ccc(C=C(C(=O)NCc2ccccc2)C(=O)NCc2ccccc2)cc1OC(F)F. The number of nitrogens with one attached hydrogen (secondary N) is 2. The zero-order chi connectivity index (χ0) is 24.3. The first-order chi connectivity index (χ1) is 16.5. The molecule has 34 heavy (non-hydrogen) atoms. The highest BCUT2D eigenvalue weighted by molar-refractivity contribution is 6.21. The van der Waals surface area contributed by atoms with E-state index in [9.17, 15) is 18.4 Å². The van der Waals surface area contributed by atoms with Crippen LogP contribution in [-0.4, -0.2) is 25.5 Å². The fourth-order valence-electron chi connectivity index (χ4n) is 3.12. The van der Waals surface area contributed by atoms with Crippen molar-refractivity contribution in [3.05, 3.63) is 101 Å². The second kappa shape index (κ2) is 12.2. The molecule has 0 saturated heterocycles. The summed E-state index contributed by atoms with van der Waals surface area (Å²) in [4.78, 5) is 25.9. The summed E-state index contributed by atoms with van der Waals surface area (Å²) in [5.74, 6) is -1.33. The van der Waals surface area contributed by atoms with E-state index < -0.39 is 18.4 Å². The van der Waals surface area contributed by atoms with Crippen molar-refractivity contribution in [1.82, 2.24) is 10.6 Å². The summed E-state index contributed by atoms with van der Waals surface area (Å²) >= 11 is 0. The van der Waals surface area contributed by atoms with E-state index in [1.807, 2.05) is 60.7 Å². The molecule has 0 fully saturated rings. The van der Waals surface area contributed by atoms with Crippen molar-refractivity contribution in [3.8, 4) is 11.5 Å². The average molecular weight is 466 g/mol. The highest BCUT2D eigenvalue weighted by Gasteiger charge is 2.19. The molecule has 0 aliphatic heterocycles. The summed E-state index contributed by atoms with van der Waals surface area (Å²) in [5, 5.41) is 5.45. The molecular formula is C26H24F2N2O4. The number of methoxy groups -OCH3 is 1. The van der Waals surface area contributed by atoms with Gasteiger partial charge in [-0.1, -0.05) is 66.7 Å². The first-order valence-corrected chi connectivity index (χ1v) is 10.4. The van der Waals surface area contributed by atoms with Gasteiger partial charge in [0.05, 0.1) is 7.11 Å². The van der Waals surface area contributed by atoms with Crippen LogP contribution in [0.5, 0.6) is 11.5 Å². The quantitative estimate of drug-likeness (QED) is 0.265. The average Bonchev–Trinajstić information content (AvgIpc) is 2.85. The highest BCUT2D eigenvalue weighted by atomic mass is 19.3. The van der Waals surface area contributed by atoms with E-state index in [1.165, 1.54) is 31.4 Å². The Kier molecular flexibility index (Phi) is 8.73. The van der Waals surface area contributed by atoms with E-state index in [4.69, 9.17) is 4.74 Å². The fraction of sp³-hybridized carbons (Fsp3) is 0.154. The van der Waals surface area contributed by atoms with Crippen LogP contribution >= 0.6 is 0 Å². The molecule has 3 aromatic carbocycles. The van der Waals surface area contributed by atoms with Crippen molar-refractivity contribution in [2.75, 3.05) is 7.11 Å². The van der Waals surface area contributed by atoms with Gasteiger partial charge in [-0.3, -0.25) is 9.59 Å². The molecule has 0 atom stereocenters. The Morgan fingerprint density at radius 2 is 1.35 bits per heavy atom. The zero-order valence-corrected chi connectivity index (χ0v) is 18.5. The molecule has 0 heterocycles. The summed E-state index contributed by atoms with van der Waals surface area (Å²) in [6.45, 7) is -2.63. The van der Waals surface area contributed by atoms with Crippen LogP contribution in [0.15, 0.2) is 84.4 Å². The van der Waals surface area contributed by atoms with Gasteiger partial charge < -0.3 is 20.1 Å². The van der Waals surface area contributed by atoms with Crippen LogP contribution in [0.1, 0.15) is 16.7 Å². The lowest BCUT2D eigenvalue weighted by molar-refractivity contribution is -0.123. The third kappa shape index (κ3) is 7.16. The lowest BCUT2D eigenvalue weighted by atomic mass is 10.1.